The smallest absolute Gasteiger partial charge is 0.181 e. The molecule has 0 amide bonds. The molecular weight excluding hydrogens is 373 g/mol. The highest BCUT2D eigenvalue weighted by molar-refractivity contribution is 6.17. The number of unbranched alkanes of at least 4 members (excludes halogenated alkanes) is 9. The van der Waals surface area contributed by atoms with Gasteiger partial charge in [0.05, 0.1) is 0 Å². The first-order valence-electron chi connectivity index (χ1n) is 10.5. The molecule has 0 unspecified atom stereocenters. The molecule has 1 aromatic heterocycles. The SMILES string of the molecule is ClCCCCCCCCCCCCc1cccc[n+]1Cc1ccccc1.[Cl-]. The minimum absolute atomic E-state index is 0. The zero-order chi connectivity index (χ0) is 18.3. The highest BCUT2D eigenvalue weighted by atomic mass is 35.5. The van der Waals surface area contributed by atoms with Crippen molar-refractivity contribution in [2.45, 2.75) is 77.2 Å². The van der Waals surface area contributed by atoms with Gasteiger partial charge in [-0.1, -0.05) is 87.8 Å². The van der Waals surface area contributed by atoms with Crippen LogP contribution in [0.15, 0.2) is 54.7 Å². The second kappa shape index (κ2) is 16.0. The molecule has 0 aliphatic carbocycles. The normalized spacial score (nSPS) is 10.6. The number of nitrogens with zero attached hydrogens (tertiary/aromatic N) is 1. The van der Waals surface area contributed by atoms with Crippen LogP contribution in [0.25, 0.3) is 0 Å². The number of hydrogen-bond acceptors (Lipinski definition) is 0. The van der Waals surface area contributed by atoms with Crippen molar-refractivity contribution in [3.05, 3.63) is 66.0 Å². The van der Waals surface area contributed by atoms with Gasteiger partial charge in [0.2, 0.25) is 0 Å². The number of aromatic nitrogens is 1. The fourth-order valence-corrected chi connectivity index (χ4v) is 3.68. The molecule has 2 rings (SSSR count). The van der Waals surface area contributed by atoms with Crippen LogP contribution in [0.2, 0.25) is 0 Å². The van der Waals surface area contributed by atoms with Crippen molar-refractivity contribution < 1.29 is 17.0 Å². The van der Waals surface area contributed by atoms with E-state index in [1.165, 1.54) is 81.9 Å². The van der Waals surface area contributed by atoms with Crippen LogP contribution in [0.4, 0.5) is 0 Å². The van der Waals surface area contributed by atoms with Crippen molar-refractivity contribution in [3.63, 3.8) is 0 Å². The van der Waals surface area contributed by atoms with Gasteiger partial charge >= 0.3 is 0 Å². The Kier molecular flexibility index (Phi) is 14.2. The standard InChI is InChI=1S/C24H35ClN.ClH/c25-20-14-8-6-4-2-1-3-5-7-12-18-24-19-13-15-21-26(24)22-23-16-10-9-11-17-23;/h9-11,13,15-17,19,21H,1-8,12,14,18,20,22H2;1H/q+1;/p-1. The molecule has 0 bridgehead atoms. The number of halogens is 2. The lowest BCUT2D eigenvalue weighted by molar-refractivity contribution is -0.695. The summed E-state index contributed by atoms with van der Waals surface area (Å²) in [6.07, 6.45) is 16.9. The van der Waals surface area contributed by atoms with Crippen molar-refractivity contribution in [3.8, 4) is 0 Å². The summed E-state index contributed by atoms with van der Waals surface area (Å²) >= 11 is 5.71. The Bertz CT molecular complexity index is 586. The number of pyridine rings is 1. The van der Waals surface area contributed by atoms with Crippen molar-refractivity contribution in [1.82, 2.24) is 0 Å². The zero-order valence-electron chi connectivity index (χ0n) is 16.6. The van der Waals surface area contributed by atoms with Crippen LogP contribution in [-0.2, 0) is 13.0 Å². The fraction of sp³-hybridized carbons (Fsp3) is 0.542. The molecule has 150 valence electrons. The van der Waals surface area contributed by atoms with Crippen LogP contribution in [0.1, 0.15) is 75.5 Å². The minimum Gasteiger partial charge on any atom is -1.00 e. The Labute approximate surface area is 177 Å². The lowest BCUT2D eigenvalue weighted by atomic mass is 10.0. The molecule has 0 radical (unpaired) electrons. The van der Waals surface area contributed by atoms with Crippen molar-refractivity contribution in [1.29, 1.82) is 0 Å². The summed E-state index contributed by atoms with van der Waals surface area (Å²) < 4.78 is 2.40. The number of benzene rings is 1. The van der Waals surface area contributed by atoms with Gasteiger partial charge in [0.15, 0.2) is 18.4 Å². The average molecular weight is 408 g/mol. The molecule has 0 atom stereocenters. The monoisotopic (exact) mass is 407 g/mol. The van der Waals surface area contributed by atoms with Gasteiger partial charge in [0.25, 0.3) is 0 Å². The van der Waals surface area contributed by atoms with E-state index in [0.29, 0.717) is 0 Å². The van der Waals surface area contributed by atoms with E-state index in [2.05, 4.69) is 59.3 Å². The molecule has 2 aromatic rings. The summed E-state index contributed by atoms with van der Waals surface area (Å²) in [5.74, 6) is 0.826. The minimum atomic E-state index is 0. The first kappa shape index (κ1) is 24.0. The quantitative estimate of drug-likeness (QED) is 0.255. The molecule has 0 aliphatic heterocycles. The summed E-state index contributed by atoms with van der Waals surface area (Å²) in [7, 11) is 0. The molecule has 1 heterocycles. The molecule has 0 saturated carbocycles. The summed E-state index contributed by atoms with van der Waals surface area (Å²) in [6.45, 7) is 0.973. The number of rotatable bonds is 14. The van der Waals surface area contributed by atoms with E-state index < -0.39 is 0 Å². The van der Waals surface area contributed by atoms with E-state index in [-0.39, 0.29) is 12.4 Å². The van der Waals surface area contributed by atoms with Crippen LogP contribution in [0, 0.1) is 0 Å². The lowest BCUT2D eigenvalue weighted by Gasteiger charge is -2.05. The third-order valence-electron chi connectivity index (χ3n) is 5.05. The van der Waals surface area contributed by atoms with Crippen molar-refractivity contribution in [2.75, 3.05) is 5.88 Å². The predicted molar refractivity (Wildman–Crippen MR) is 113 cm³/mol. The van der Waals surface area contributed by atoms with Gasteiger partial charge < -0.3 is 12.4 Å². The first-order valence-corrected chi connectivity index (χ1v) is 11.0. The van der Waals surface area contributed by atoms with Crippen LogP contribution in [-0.4, -0.2) is 5.88 Å². The molecule has 0 fully saturated rings. The third kappa shape index (κ3) is 10.8. The maximum absolute atomic E-state index is 5.71. The highest BCUT2D eigenvalue weighted by Crippen LogP contribution is 2.12. The summed E-state index contributed by atoms with van der Waals surface area (Å²) in [4.78, 5) is 0. The molecule has 1 aromatic carbocycles. The predicted octanol–water partition coefficient (Wildman–Crippen LogP) is 3.71. The van der Waals surface area contributed by atoms with Crippen LogP contribution >= 0.6 is 11.6 Å². The second-order valence-electron chi connectivity index (χ2n) is 7.28. The Morgan fingerprint density at radius 3 is 1.81 bits per heavy atom. The van der Waals surface area contributed by atoms with E-state index in [1.54, 1.807) is 0 Å². The highest BCUT2D eigenvalue weighted by Gasteiger charge is 2.09. The second-order valence-corrected chi connectivity index (χ2v) is 7.66. The zero-order valence-corrected chi connectivity index (χ0v) is 18.1. The van der Waals surface area contributed by atoms with Gasteiger partial charge in [-0.25, -0.2) is 0 Å². The van der Waals surface area contributed by atoms with Gasteiger partial charge in [-0.3, -0.25) is 0 Å². The summed E-state index contributed by atoms with van der Waals surface area (Å²) in [5, 5.41) is 0. The first-order chi connectivity index (χ1) is 12.9. The van der Waals surface area contributed by atoms with Gasteiger partial charge in [0.1, 0.15) is 0 Å². The largest absolute Gasteiger partial charge is 1.00 e. The average Bonchev–Trinajstić information content (AvgIpc) is 2.68. The number of hydrogen-bond donors (Lipinski definition) is 0. The molecule has 1 nitrogen and oxygen atoms in total. The van der Waals surface area contributed by atoms with Crippen LogP contribution in [0.5, 0.6) is 0 Å². The summed E-state index contributed by atoms with van der Waals surface area (Å²) in [6, 6.07) is 17.3. The van der Waals surface area contributed by atoms with Gasteiger partial charge in [-0.05, 0) is 12.8 Å². The molecule has 0 spiro atoms. The van der Waals surface area contributed by atoms with Crippen molar-refractivity contribution in [2.24, 2.45) is 0 Å². The topological polar surface area (TPSA) is 3.88 Å². The molecule has 27 heavy (non-hydrogen) atoms. The Hall–Kier alpha value is -1.05. The van der Waals surface area contributed by atoms with E-state index in [1.807, 2.05) is 0 Å². The van der Waals surface area contributed by atoms with Crippen molar-refractivity contribution >= 4 is 11.6 Å². The molecule has 3 heteroatoms. The Balaban J connectivity index is 0.00000364. The molecular formula is C24H35Cl2N. The Morgan fingerprint density at radius 2 is 1.19 bits per heavy atom. The van der Waals surface area contributed by atoms with Gasteiger partial charge in [-0.2, -0.15) is 4.57 Å². The van der Waals surface area contributed by atoms with Gasteiger partial charge in [0, 0.05) is 30.0 Å². The van der Waals surface area contributed by atoms with E-state index >= 15 is 0 Å². The molecule has 0 aliphatic rings. The Morgan fingerprint density at radius 1 is 0.630 bits per heavy atom. The number of alkyl halides is 1. The van der Waals surface area contributed by atoms with E-state index in [0.717, 1.165) is 12.4 Å². The molecule has 0 saturated heterocycles. The lowest BCUT2D eigenvalue weighted by Crippen LogP contribution is -3.00. The van der Waals surface area contributed by atoms with E-state index in [9.17, 15) is 0 Å². The molecule has 0 N–H and O–H groups in total. The third-order valence-corrected chi connectivity index (χ3v) is 5.31. The van der Waals surface area contributed by atoms with Crippen LogP contribution < -0.4 is 17.0 Å². The maximum Gasteiger partial charge on any atom is 0.181 e. The summed E-state index contributed by atoms with van der Waals surface area (Å²) in [5.41, 5.74) is 2.83. The maximum atomic E-state index is 5.71. The van der Waals surface area contributed by atoms with Crippen LogP contribution in [0.3, 0.4) is 0 Å². The van der Waals surface area contributed by atoms with E-state index in [4.69, 9.17) is 11.6 Å². The van der Waals surface area contributed by atoms with Gasteiger partial charge in [-0.15, -0.1) is 11.6 Å². The fourth-order valence-electron chi connectivity index (χ4n) is 3.49. The number of aryl methyl sites for hydroxylation is 1.